The fourth-order valence-electron chi connectivity index (χ4n) is 2.44. The number of aryl methyl sites for hydroxylation is 1. The van der Waals surface area contributed by atoms with Crippen LogP contribution >= 0.6 is 0 Å². The molecular formula is C17H15N3O2. The second kappa shape index (κ2) is 5.86. The zero-order chi connectivity index (χ0) is 15.5. The number of nitriles is 1. The zero-order valence-electron chi connectivity index (χ0n) is 12.2. The van der Waals surface area contributed by atoms with Gasteiger partial charge in [-0.2, -0.15) is 5.26 Å². The molecule has 0 atom stereocenters. The Labute approximate surface area is 128 Å². The third kappa shape index (κ3) is 2.63. The first-order chi connectivity index (χ1) is 10.7. The summed E-state index contributed by atoms with van der Waals surface area (Å²) in [5, 5.41) is 8.95. The first-order valence-electron chi connectivity index (χ1n) is 7.09. The summed E-state index contributed by atoms with van der Waals surface area (Å²) in [5.41, 5.74) is 2.58. The van der Waals surface area contributed by atoms with Gasteiger partial charge in [0.2, 0.25) is 0 Å². The molecule has 1 aromatic carbocycles. The van der Waals surface area contributed by atoms with Gasteiger partial charge in [0.25, 0.3) is 5.91 Å². The van der Waals surface area contributed by atoms with E-state index in [0.717, 1.165) is 24.2 Å². The van der Waals surface area contributed by atoms with E-state index in [4.69, 9.17) is 10.00 Å². The number of amides is 1. The predicted octanol–water partition coefficient (Wildman–Crippen LogP) is 2.55. The van der Waals surface area contributed by atoms with Gasteiger partial charge in [0.1, 0.15) is 11.4 Å². The first-order valence-corrected chi connectivity index (χ1v) is 7.09. The van der Waals surface area contributed by atoms with Crippen molar-refractivity contribution < 1.29 is 9.53 Å². The smallest absolute Gasteiger partial charge is 0.276 e. The molecule has 1 aromatic heterocycles. The van der Waals surface area contributed by atoms with Gasteiger partial charge in [-0.25, -0.2) is 4.98 Å². The normalized spacial score (nSPS) is 12.7. The Morgan fingerprint density at radius 2 is 2.27 bits per heavy atom. The molecule has 1 aliphatic heterocycles. The number of benzene rings is 1. The third-order valence-electron chi connectivity index (χ3n) is 3.68. The molecule has 0 spiro atoms. The Morgan fingerprint density at radius 1 is 1.41 bits per heavy atom. The van der Waals surface area contributed by atoms with E-state index in [0.29, 0.717) is 23.6 Å². The van der Waals surface area contributed by atoms with Crippen LogP contribution in [0.1, 0.15) is 28.0 Å². The highest BCUT2D eigenvalue weighted by Gasteiger charge is 2.19. The molecule has 3 rings (SSSR count). The van der Waals surface area contributed by atoms with E-state index in [2.05, 4.69) is 11.1 Å². The van der Waals surface area contributed by atoms with Crippen LogP contribution in [-0.4, -0.2) is 24.5 Å². The number of fused-ring (bicyclic) bond motifs is 1. The van der Waals surface area contributed by atoms with Crippen molar-refractivity contribution in [3.8, 4) is 11.8 Å². The third-order valence-corrected chi connectivity index (χ3v) is 3.68. The number of nitrogens with zero attached hydrogens (tertiary/aromatic N) is 3. The molecule has 0 bridgehead atoms. The SMILES string of the molecule is CN(C(=O)c1cc2c(cn1)OCCC2)c1cccc(C#N)c1. The van der Waals surface area contributed by atoms with Crippen molar-refractivity contribution in [3.63, 3.8) is 0 Å². The van der Waals surface area contributed by atoms with Crippen molar-refractivity contribution in [1.82, 2.24) is 4.98 Å². The van der Waals surface area contributed by atoms with Crippen LogP contribution in [0.15, 0.2) is 36.5 Å². The van der Waals surface area contributed by atoms with Gasteiger partial charge in [0.05, 0.1) is 24.4 Å². The molecule has 0 aliphatic carbocycles. The lowest BCUT2D eigenvalue weighted by molar-refractivity contribution is 0.0988. The summed E-state index contributed by atoms with van der Waals surface area (Å²) < 4.78 is 5.51. The first kappa shape index (κ1) is 14.1. The van der Waals surface area contributed by atoms with Crippen molar-refractivity contribution in [2.24, 2.45) is 0 Å². The number of aromatic nitrogens is 1. The van der Waals surface area contributed by atoms with Gasteiger partial charge in [0.15, 0.2) is 0 Å². The number of hydrogen-bond acceptors (Lipinski definition) is 4. The van der Waals surface area contributed by atoms with Gasteiger partial charge in [-0.05, 0) is 42.7 Å². The Hall–Kier alpha value is -2.87. The lowest BCUT2D eigenvalue weighted by Crippen LogP contribution is -2.27. The summed E-state index contributed by atoms with van der Waals surface area (Å²) in [6.45, 7) is 0.697. The molecule has 1 amide bonds. The summed E-state index contributed by atoms with van der Waals surface area (Å²) >= 11 is 0. The van der Waals surface area contributed by atoms with E-state index in [1.807, 2.05) is 0 Å². The number of hydrogen-bond donors (Lipinski definition) is 0. The molecule has 0 unspecified atom stereocenters. The fraction of sp³-hybridized carbons (Fsp3) is 0.235. The summed E-state index contributed by atoms with van der Waals surface area (Å²) in [4.78, 5) is 18.3. The predicted molar refractivity (Wildman–Crippen MR) is 81.9 cm³/mol. The minimum absolute atomic E-state index is 0.205. The Morgan fingerprint density at radius 3 is 3.09 bits per heavy atom. The number of ether oxygens (including phenoxy) is 1. The van der Waals surface area contributed by atoms with Gasteiger partial charge in [-0.1, -0.05) is 6.07 Å². The molecule has 22 heavy (non-hydrogen) atoms. The van der Waals surface area contributed by atoms with Crippen molar-refractivity contribution in [2.75, 3.05) is 18.6 Å². The minimum atomic E-state index is -0.205. The maximum Gasteiger partial charge on any atom is 0.276 e. The Balaban J connectivity index is 1.88. The molecule has 0 fully saturated rings. The Bertz CT molecular complexity index is 765. The number of pyridine rings is 1. The average molecular weight is 293 g/mol. The summed E-state index contributed by atoms with van der Waals surface area (Å²) in [7, 11) is 1.68. The van der Waals surface area contributed by atoms with Crippen LogP contribution in [0.3, 0.4) is 0 Å². The fourth-order valence-corrected chi connectivity index (χ4v) is 2.44. The molecule has 1 aliphatic rings. The van der Waals surface area contributed by atoms with Gasteiger partial charge in [-0.15, -0.1) is 0 Å². The zero-order valence-corrected chi connectivity index (χ0v) is 12.2. The molecule has 0 saturated heterocycles. The van der Waals surface area contributed by atoms with E-state index in [1.54, 1.807) is 43.6 Å². The number of carbonyl (C=O) groups is 1. The lowest BCUT2D eigenvalue weighted by atomic mass is 10.1. The van der Waals surface area contributed by atoms with Crippen LogP contribution in [0.4, 0.5) is 5.69 Å². The average Bonchev–Trinajstić information content (AvgIpc) is 2.60. The topological polar surface area (TPSA) is 66.2 Å². The molecule has 5 heteroatoms. The molecule has 2 aromatic rings. The number of anilines is 1. The quantitative estimate of drug-likeness (QED) is 0.853. The standard InChI is InChI=1S/C17H15N3O2/c1-20(14-6-2-4-12(8-14)10-18)17(21)15-9-13-5-3-7-22-16(13)11-19-15/h2,4,6,8-9,11H,3,5,7H2,1H3. The summed E-state index contributed by atoms with van der Waals surface area (Å²) in [6.07, 6.45) is 3.46. The molecule has 5 nitrogen and oxygen atoms in total. The highest BCUT2D eigenvalue weighted by Crippen LogP contribution is 2.25. The van der Waals surface area contributed by atoms with Crippen molar-refractivity contribution in [3.05, 3.63) is 53.3 Å². The second-order valence-electron chi connectivity index (χ2n) is 5.16. The van der Waals surface area contributed by atoms with Crippen LogP contribution in [0.2, 0.25) is 0 Å². The molecular weight excluding hydrogens is 278 g/mol. The molecule has 0 N–H and O–H groups in total. The molecule has 2 heterocycles. The van der Waals surface area contributed by atoms with Crippen molar-refractivity contribution in [2.45, 2.75) is 12.8 Å². The van der Waals surface area contributed by atoms with E-state index < -0.39 is 0 Å². The summed E-state index contributed by atoms with van der Waals surface area (Å²) in [5.74, 6) is 0.556. The van der Waals surface area contributed by atoms with Gasteiger partial charge in [-0.3, -0.25) is 4.79 Å². The van der Waals surface area contributed by atoms with Crippen LogP contribution in [0, 0.1) is 11.3 Å². The Kier molecular flexibility index (Phi) is 3.75. The van der Waals surface area contributed by atoms with Crippen molar-refractivity contribution in [1.29, 1.82) is 5.26 Å². The van der Waals surface area contributed by atoms with E-state index in [1.165, 1.54) is 4.90 Å². The summed E-state index contributed by atoms with van der Waals surface area (Å²) in [6, 6.07) is 10.8. The van der Waals surface area contributed by atoms with Crippen LogP contribution in [0.5, 0.6) is 5.75 Å². The second-order valence-corrected chi connectivity index (χ2v) is 5.16. The maximum absolute atomic E-state index is 12.6. The highest BCUT2D eigenvalue weighted by molar-refractivity contribution is 6.04. The van der Waals surface area contributed by atoms with E-state index >= 15 is 0 Å². The van der Waals surface area contributed by atoms with Crippen LogP contribution in [0.25, 0.3) is 0 Å². The van der Waals surface area contributed by atoms with Gasteiger partial charge >= 0.3 is 0 Å². The largest absolute Gasteiger partial charge is 0.492 e. The maximum atomic E-state index is 12.6. The molecule has 0 saturated carbocycles. The molecule has 110 valence electrons. The number of carbonyl (C=O) groups excluding carboxylic acids is 1. The highest BCUT2D eigenvalue weighted by atomic mass is 16.5. The van der Waals surface area contributed by atoms with Crippen LogP contribution < -0.4 is 9.64 Å². The number of rotatable bonds is 2. The monoisotopic (exact) mass is 293 g/mol. The van der Waals surface area contributed by atoms with E-state index in [9.17, 15) is 4.79 Å². The van der Waals surface area contributed by atoms with Crippen LogP contribution in [-0.2, 0) is 6.42 Å². The van der Waals surface area contributed by atoms with Gasteiger partial charge < -0.3 is 9.64 Å². The molecule has 0 radical (unpaired) electrons. The lowest BCUT2D eigenvalue weighted by Gasteiger charge is -2.20. The van der Waals surface area contributed by atoms with E-state index in [-0.39, 0.29) is 5.91 Å². The minimum Gasteiger partial charge on any atom is -0.492 e. The van der Waals surface area contributed by atoms with Gasteiger partial charge in [0, 0.05) is 12.7 Å². The van der Waals surface area contributed by atoms with Crippen molar-refractivity contribution >= 4 is 11.6 Å².